The van der Waals surface area contributed by atoms with Crippen LogP contribution < -0.4 is 15.5 Å². The van der Waals surface area contributed by atoms with Gasteiger partial charge in [0.1, 0.15) is 0 Å². The Morgan fingerprint density at radius 2 is 2.18 bits per heavy atom. The molecule has 1 aliphatic heterocycles. The maximum absolute atomic E-state index is 14.0. The summed E-state index contributed by atoms with van der Waals surface area (Å²) in [7, 11) is 1.69. The summed E-state index contributed by atoms with van der Waals surface area (Å²) in [6, 6.07) is 11.5. The van der Waals surface area contributed by atoms with Crippen molar-refractivity contribution in [3.63, 3.8) is 0 Å². The molecule has 1 aliphatic rings. The lowest BCUT2D eigenvalue weighted by Gasteiger charge is -2.20. The van der Waals surface area contributed by atoms with Gasteiger partial charge in [-0.1, -0.05) is 24.3 Å². The van der Waals surface area contributed by atoms with Crippen molar-refractivity contribution in [1.82, 2.24) is 15.6 Å². The van der Waals surface area contributed by atoms with Crippen molar-refractivity contribution in [3.05, 3.63) is 59.5 Å². The minimum atomic E-state index is -0.278. The molecule has 2 aromatic rings. The smallest absolute Gasteiger partial charge is 0.191 e. The first-order chi connectivity index (χ1) is 13.7. The van der Waals surface area contributed by atoms with E-state index in [9.17, 15) is 4.39 Å². The molecule has 1 atom stereocenters. The van der Waals surface area contributed by atoms with Crippen LogP contribution in [0.4, 0.5) is 10.2 Å². The molecule has 1 fully saturated rings. The SMILES string of the molecule is CCNC(=NCc1cccc(COC)c1)NC1CCN(c2ncccc2F)C1. The summed E-state index contributed by atoms with van der Waals surface area (Å²) in [6.07, 6.45) is 2.53. The van der Waals surface area contributed by atoms with Gasteiger partial charge < -0.3 is 20.3 Å². The van der Waals surface area contributed by atoms with Gasteiger partial charge >= 0.3 is 0 Å². The van der Waals surface area contributed by atoms with E-state index in [4.69, 9.17) is 9.73 Å². The number of hydrogen-bond acceptors (Lipinski definition) is 4. The molecule has 2 N–H and O–H groups in total. The van der Waals surface area contributed by atoms with Crippen molar-refractivity contribution in [2.24, 2.45) is 4.99 Å². The number of rotatable bonds is 7. The van der Waals surface area contributed by atoms with Crippen molar-refractivity contribution >= 4 is 11.8 Å². The maximum atomic E-state index is 14.0. The summed E-state index contributed by atoms with van der Waals surface area (Å²) in [5, 5.41) is 6.76. The van der Waals surface area contributed by atoms with Crippen LogP contribution in [-0.4, -0.2) is 43.7 Å². The van der Waals surface area contributed by atoms with Crippen LogP contribution >= 0.6 is 0 Å². The Bertz CT molecular complexity index is 798. The molecule has 0 spiro atoms. The highest BCUT2D eigenvalue weighted by molar-refractivity contribution is 5.80. The summed E-state index contributed by atoms with van der Waals surface area (Å²) in [6.45, 7) is 5.46. The molecule has 1 aromatic heterocycles. The zero-order chi connectivity index (χ0) is 19.8. The topological polar surface area (TPSA) is 61.8 Å². The average molecular weight is 385 g/mol. The molecule has 0 aliphatic carbocycles. The summed E-state index contributed by atoms with van der Waals surface area (Å²) in [5.41, 5.74) is 2.27. The van der Waals surface area contributed by atoms with Gasteiger partial charge in [0.15, 0.2) is 17.6 Å². The summed E-state index contributed by atoms with van der Waals surface area (Å²) in [4.78, 5) is 10.9. The van der Waals surface area contributed by atoms with E-state index in [1.807, 2.05) is 24.0 Å². The van der Waals surface area contributed by atoms with Crippen LogP contribution in [0.15, 0.2) is 47.6 Å². The number of ether oxygens (including phenoxy) is 1. The molecule has 0 amide bonds. The van der Waals surface area contributed by atoms with Gasteiger partial charge in [0.25, 0.3) is 0 Å². The third-order valence-corrected chi connectivity index (χ3v) is 4.63. The molecule has 1 saturated heterocycles. The Hall–Kier alpha value is -2.67. The van der Waals surface area contributed by atoms with Crippen LogP contribution in [0, 0.1) is 5.82 Å². The molecule has 1 aromatic carbocycles. The number of nitrogens with zero attached hydrogens (tertiary/aromatic N) is 3. The number of pyridine rings is 1. The fourth-order valence-electron chi connectivity index (χ4n) is 3.35. The number of aliphatic imine (C=N–C) groups is 1. The number of benzene rings is 1. The van der Waals surface area contributed by atoms with E-state index in [1.54, 1.807) is 19.4 Å². The maximum Gasteiger partial charge on any atom is 0.191 e. The van der Waals surface area contributed by atoms with Crippen molar-refractivity contribution in [3.8, 4) is 0 Å². The molecular formula is C21H28FN5O. The van der Waals surface area contributed by atoms with E-state index in [0.29, 0.717) is 25.5 Å². The van der Waals surface area contributed by atoms with Crippen LogP contribution in [0.2, 0.25) is 0 Å². The highest BCUT2D eigenvalue weighted by Gasteiger charge is 2.25. The second kappa shape index (κ2) is 10.0. The van der Waals surface area contributed by atoms with E-state index in [1.165, 1.54) is 6.07 Å². The van der Waals surface area contributed by atoms with Crippen molar-refractivity contribution < 1.29 is 9.13 Å². The van der Waals surface area contributed by atoms with Crippen molar-refractivity contribution in [1.29, 1.82) is 0 Å². The molecule has 1 unspecified atom stereocenters. The standard InChI is InChI=1S/C21H28FN5O/c1-3-23-21(25-13-16-6-4-7-17(12-16)15-28-2)26-18-9-11-27(14-18)20-19(22)8-5-10-24-20/h4-8,10,12,18H,3,9,11,13-15H2,1-2H3,(H2,23,25,26). The molecule has 28 heavy (non-hydrogen) atoms. The Morgan fingerprint density at radius 1 is 1.32 bits per heavy atom. The predicted octanol–water partition coefficient (Wildman–Crippen LogP) is 2.70. The highest BCUT2D eigenvalue weighted by atomic mass is 19.1. The molecule has 0 radical (unpaired) electrons. The van der Waals surface area contributed by atoms with Gasteiger partial charge in [-0.15, -0.1) is 0 Å². The van der Waals surface area contributed by atoms with Gasteiger partial charge in [0, 0.05) is 39.0 Å². The largest absolute Gasteiger partial charge is 0.380 e. The second-order valence-electron chi connectivity index (χ2n) is 6.83. The number of methoxy groups -OCH3 is 1. The highest BCUT2D eigenvalue weighted by Crippen LogP contribution is 2.20. The van der Waals surface area contributed by atoms with E-state index < -0.39 is 0 Å². The van der Waals surface area contributed by atoms with Gasteiger partial charge in [-0.3, -0.25) is 0 Å². The summed E-state index contributed by atoms with van der Waals surface area (Å²) in [5.74, 6) is 0.913. The number of halogens is 1. The summed E-state index contributed by atoms with van der Waals surface area (Å²) >= 11 is 0. The number of hydrogen-bond donors (Lipinski definition) is 2. The fraction of sp³-hybridized carbons (Fsp3) is 0.429. The lowest BCUT2D eigenvalue weighted by atomic mass is 10.1. The molecule has 2 heterocycles. The van der Waals surface area contributed by atoms with Gasteiger partial charge in [-0.05, 0) is 36.6 Å². The lowest BCUT2D eigenvalue weighted by Crippen LogP contribution is -2.44. The molecule has 0 bridgehead atoms. The molecule has 7 heteroatoms. The van der Waals surface area contributed by atoms with E-state index in [2.05, 4.69) is 27.8 Å². The van der Waals surface area contributed by atoms with E-state index >= 15 is 0 Å². The van der Waals surface area contributed by atoms with Crippen LogP contribution in [0.1, 0.15) is 24.5 Å². The van der Waals surface area contributed by atoms with Gasteiger partial charge in [-0.25, -0.2) is 14.4 Å². The summed E-state index contributed by atoms with van der Waals surface area (Å²) < 4.78 is 19.2. The fourth-order valence-corrected chi connectivity index (χ4v) is 3.35. The number of guanidine groups is 1. The monoisotopic (exact) mass is 385 g/mol. The molecule has 0 saturated carbocycles. The zero-order valence-corrected chi connectivity index (χ0v) is 16.5. The number of anilines is 1. The average Bonchev–Trinajstić information content (AvgIpc) is 3.15. The van der Waals surface area contributed by atoms with Gasteiger partial charge in [0.05, 0.1) is 13.2 Å². The first-order valence-corrected chi connectivity index (χ1v) is 9.66. The Balaban J connectivity index is 1.61. The van der Waals surface area contributed by atoms with Gasteiger partial charge in [-0.2, -0.15) is 0 Å². The minimum Gasteiger partial charge on any atom is -0.380 e. The van der Waals surface area contributed by atoms with Crippen LogP contribution in [0.3, 0.4) is 0 Å². The molecular weight excluding hydrogens is 357 g/mol. The number of aromatic nitrogens is 1. The molecule has 150 valence electrons. The lowest BCUT2D eigenvalue weighted by molar-refractivity contribution is 0.185. The Labute approximate surface area is 165 Å². The number of nitrogens with one attached hydrogen (secondary N) is 2. The molecule has 3 rings (SSSR count). The first-order valence-electron chi connectivity index (χ1n) is 9.66. The van der Waals surface area contributed by atoms with E-state index in [0.717, 1.165) is 36.6 Å². The minimum absolute atomic E-state index is 0.194. The zero-order valence-electron chi connectivity index (χ0n) is 16.5. The first kappa shape index (κ1) is 20.1. The quantitative estimate of drug-likeness (QED) is 0.567. The van der Waals surface area contributed by atoms with E-state index in [-0.39, 0.29) is 11.9 Å². The second-order valence-corrected chi connectivity index (χ2v) is 6.83. The van der Waals surface area contributed by atoms with Crippen LogP contribution in [0.5, 0.6) is 0 Å². The Morgan fingerprint density at radius 3 is 2.96 bits per heavy atom. The van der Waals surface area contributed by atoms with Crippen molar-refractivity contribution in [2.75, 3.05) is 31.6 Å². The van der Waals surface area contributed by atoms with Gasteiger partial charge in [0.2, 0.25) is 0 Å². The third-order valence-electron chi connectivity index (χ3n) is 4.63. The Kier molecular flexibility index (Phi) is 7.19. The third kappa shape index (κ3) is 5.42. The van der Waals surface area contributed by atoms with Crippen molar-refractivity contribution in [2.45, 2.75) is 32.5 Å². The normalized spacial score (nSPS) is 17.0. The predicted molar refractivity (Wildman–Crippen MR) is 110 cm³/mol. The van der Waals surface area contributed by atoms with Crippen LogP contribution in [0.25, 0.3) is 0 Å². The molecule has 6 nitrogen and oxygen atoms in total. The van der Waals surface area contributed by atoms with Crippen LogP contribution in [-0.2, 0) is 17.9 Å².